The fraction of sp³-hybridized carbons (Fsp3) is 0.143. The van der Waals surface area contributed by atoms with Gasteiger partial charge in [0.2, 0.25) is 0 Å². The van der Waals surface area contributed by atoms with Crippen LogP contribution in [-0.4, -0.2) is 10.5 Å². The summed E-state index contributed by atoms with van der Waals surface area (Å²) in [7, 11) is 0. The molecule has 2 aromatic carbocycles. The van der Waals surface area contributed by atoms with Gasteiger partial charge in [0.1, 0.15) is 6.10 Å². The highest BCUT2D eigenvalue weighted by molar-refractivity contribution is 7.79. The quantitative estimate of drug-likeness (QED) is 0.811. The Morgan fingerprint density at radius 2 is 1.41 bits per heavy atom. The van der Waals surface area contributed by atoms with Crippen LogP contribution in [0.1, 0.15) is 17.2 Å². The molecule has 0 heterocycles. The smallest absolute Gasteiger partial charge is 0.153 e. The van der Waals surface area contributed by atoms with Gasteiger partial charge in [-0.3, -0.25) is 4.18 Å². The molecule has 1 unspecified atom stereocenters. The largest absolute Gasteiger partial charge is 0.278 e. The lowest BCUT2D eigenvalue weighted by Crippen LogP contribution is -2.04. The predicted molar refractivity (Wildman–Crippen MR) is 68.9 cm³/mol. The Morgan fingerprint density at radius 1 is 0.941 bits per heavy atom. The molecule has 0 amide bonds. The molecule has 3 rings (SSSR count). The Balaban J connectivity index is 2.20. The summed E-state index contributed by atoms with van der Waals surface area (Å²) in [6, 6.07) is 16.2. The van der Waals surface area contributed by atoms with Crippen molar-refractivity contribution in [3.8, 4) is 11.1 Å². The minimum Gasteiger partial charge on any atom is -0.278 e. The average Bonchev–Trinajstić information content (AvgIpc) is 2.65. The van der Waals surface area contributed by atoms with E-state index in [4.69, 9.17) is 4.18 Å². The molecule has 0 saturated heterocycles. The lowest BCUT2D eigenvalue weighted by Gasteiger charge is -2.11. The van der Waals surface area contributed by atoms with Crippen molar-refractivity contribution in [2.75, 3.05) is 6.26 Å². The number of fused-ring (bicyclic) bond motifs is 3. The highest BCUT2D eigenvalue weighted by Crippen LogP contribution is 2.45. The van der Waals surface area contributed by atoms with Gasteiger partial charge in [0.15, 0.2) is 11.1 Å². The summed E-state index contributed by atoms with van der Waals surface area (Å²) in [5.74, 6) is 0. The van der Waals surface area contributed by atoms with Crippen molar-refractivity contribution in [1.29, 1.82) is 0 Å². The van der Waals surface area contributed by atoms with Crippen LogP contribution in [0.15, 0.2) is 48.5 Å². The van der Waals surface area contributed by atoms with Crippen LogP contribution in [0.3, 0.4) is 0 Å². The maximum absolute atomic E-state index is 11.3. The molecule has 86 valence electrons. The summed E-state index contributed by atoms with van der Waals surface area (Å²) in [5.41, 5.74) is 4.56. The first-order valence-corrected chi connectivity index (χ1v) is 6.94. The molecular formula is C14H12O2S. The number of hydrogen-bond acceptors (Lipinski definition) is 2. The van der Waals surface area contributed by atoms with Gasteiger partial charge >= 0.3 is 0 Å². The van der Waals surface area contributed by atoms with Gasteiger partial charge in [-0.2, -0.15) is 0 Å². The molecule has 1 aliphatic rings. The SMILES string of the molecule is CS(=O)OC1c2ccccc2-c2ccccc21. The molecule has 0 radical (unpaired) electrons. The van der Waals surface area contributed by atoms with Crippen LogP contribution in [-0.2, 0) is 15.3 Å². The van der Waals surface area contributed by atoms with Crippen LogP contribution in [0.4, 0.5) is 0 Å². The maximum atomic E-state index is 11.3. The lowest BCUT2D eigenvalue weighted by atomic mass is 10.1. The minimum absolute atomic E-state index is 0.201. The van der Waals surface area contributed by atoms with E-state index in [0.717, 1.165) is 11.1 Å². The van der Waals surface area contributed by atoms with Gasteiger partial charge in [-0.1, -0.05) is 48.5 Å². The van der Waals surface area contributed by atoms with Gasteiger partial charge < -0.3 is 0 Å². The normalized spacial score (nSPS) is 15.4. The topological polar surface area (TPSA) is 26.3 Å². The van der Waals surface area contributed by atoms with E-state index in [0.29, 0.717) is 0 Å². The van der Waals surface area contributed by atoms with Crippen LogP contribution in [0.5, 0.6) is 0 Å². The predicted octanol–water partition coefficient (Wildman–Crippen LogP) is 3.07. The van der Waals surface area contributed by atoms with Crippen molar-refractivity contribution >= 4 is 11.1 Å². The van der Waals surface area contributed by atoms with Gasteiger partial charge in [0.25, 0.3) is 0 Å². The van der Waals surface area contributed by atoms with E-state index in [9.17, 15) is 4.21 Å². The van der Waals surface area contributed by atoms with E-state index >= 15 is 0 Å². The van der Waals surface area contributed by atoms with E-state index < -0.39 is 11.1 Å². The zero-order valence-electron chi connectivity index (χ0n) is 9.42. The maximum Gasteiger partial charge on any atom is 0.153 e. The average molecular weight is 244 g/mol. The number of rotatable bonds is 2. The van der Waals surface area contributed by atoms with Gasteiger partial charge in [-0.05, 0) is 22.3 Å². The Kier molecular flexibility index (Phi) is 2.57. The summed E-state index contributed by atoms with van der Waals surface area (Å²) < 4.78 is 16.8. The van der Waals surface area contributed by atoms with Crippen LogP contribution in [0, 0.1) is 0 Å². The number of benzene rings is 2. The molecule has 0 aromatic heterocycles. The summed E-state index contributed by atoms with van der Waals surface area (Å²) in [6.07, 6.45) is 1.36. The first-order chi connectivity index (χ1) is 8.27. The zero-order valence-corrected chi connectivity index (χ0v) is 10.2. The van der Waals surface area contributed by atoms with Crippen molar-refractivity contribution in [3.05, 3.63) is 59.7 Å². The molecular weight excluding hydrogens is 232 g/mol. The Morgan fingerprint density at radius 3 is 1.88 bits per heavy atom. The summed E-state index contributed by atoms with van der Waals surface area (Å²) >= 11 is -1.27. The van der Waals surface area contributed by atoms with Crippen molar-refractivity contribution in [3.63, 3.8) is 0 Å². The first-order valence-electron chi connectivity index (χ1n) is 5.46. The third-order valence-corrected chi connectivity index (χ3v) is 3.47. The van der Waals surface area contributed by atoms with Crippen LogP contribution in [0.2, 0.25) is 0 Å². The van der Waals surface area contributed by atoms with Crippen LogP contribution in [0.25, 0.3) is 11.1 Å². The van der Waals surface area contributed by atoms with Gasteiger partial charge in [-0.15, -0.1) is 0 Å². The molecule has 0 saturated carbocycles. The second-order valence-electron chi connectivity index (χ2n) is 4.05. The third kappa shape index (κ3) is 1.72. The Bertz CT molecular complexity index is 547. The van der Waals surface area contributed by atoms with Crippen molar-refractivity contribution in [2.24, 2.45) is 0 Å². The highest BCUT2D eigenvalue weighted by atomic mass is 32.2. The fourth-order valence-corrected chi connectivity index (χ4v) is 2.83. The standard InChI is InChI=1S/C14H12O2S/c1-17(15)16-14-12-8-4-2-6-10(12)11-7-3-5-9-13(11)14/h2-9,14H,1H3. The zero-order chi connectivity index (χ0) is 11.8. The van der Waals surface area contributed by atoms with Gasteiger partial charge in [0, 0.05) is 6.26 Å². The van der Waals surface area contributed by atoms with Crippen LogP contribution >= 0.6 is 0 Å². The molecule has 2 nitrogen and oxygen atoms in total. The van der Waals surface area contributed by atoms with E-state index in [1.54, 1.807) is 6.26 Å². The molecule has 17 heavy (non-hydrogen) atoms. The second-order valence-corrected chi connectivity index (χ2v) is 5.05. The molecule has 0 spiro atoms. The molecule has 0 bridgehead atoms. The Labute approximate surface area is 103 Å². The molecule has 1 aliphatic carbocycles. The molecule has 0 aliphatic heterocycles. The molecule has 2 aromatic rings. The second kappa shape index (κ2) is 4.09. The van der Waals surface area contributed by atoms with Crippen molar-refractivity contribution in [1.82, 2.24) is 0 Å². The minimum atomic E-state index is -1.27. The summed E-state index contributed by atoms with van der Waals surface area (Å²) in [5, 5.41) is 0. The molecule has 1 atom stereocenters. The summed E-state index contributed by atoms with van der Waals surface area (Å²) in [4.78, 5) is 0. The Hall–Kier alpha value is -1.45. The third-order valence-electron chi connectivity index (χ3n) is 3.01. The van der Waals surface area contributed by atoms with Gasteiger partial charge in [0.05, 0.1) is 0 Å². The molecule has 0 N–H and O–H groups in total. The van der Waals surface area contributed by atoms with Crippen molar-refractivity contribution in [2.45, 2.75) is 6.10 Å². The van der Waals surface area contributed by atoms with E-state index in [2.05, 4.69) is 12.1 Å². The number of hydrogen-bond donors (Lipinski definition) is 0. The fourth-order valence-electron chi connectivity index (χ4n) is 2.35. The first kappa shape index (κ1) is 10.7. The van der Waals surface area contributed by atoms with E-state index in [1.807, 2.05) is 36.4 Å². The van der Waals surface area contributed by atoms with Crippen LogP contribution < -0.4 is 0 Å². The van der Waals surface area contributed by atoms with Gasteiger partial charge in [-0.25, -0.2) is 4.21 Å². The van der Waals surface area contributed by atoms with E-state index in [-0.39, 0.29) is 6.10 Å². The summed E-state index contributed by atoms with van der Waals surface area (Å²) in [6.45, 7) is 0. The monoisotopic (exact) mass is 244 g/mol. The highest BCUT2D eigenvalue weighted by Gasteiger charge is 2.29. The molecule has 3 heteroatoms. The van der Waals surface area contributed by atoms with Crippen molar-refractivity contribution < 1.29 is 8.39 Å². The molecule has 0 fully saturated rings. The van der Waals surface area contributed by atoms with E-state index in [1.165, 1.54) is 11.1 Å². The lowest BCUT2D eigenvalue weighted by molar-refractivity contribution is 0.283.